The van der Waals surface area contributed by atoms with E-state index < -0.39 is 6.09 Å². The molecule has 0 radical (unpaired) electrons. The van der Waals surface area contributed by atoms with Crippen LogP contribution in [0.2, 0.25) is 0 Å². The lowest BCUT2D eigenvalue weighted by atomic mass is 10.1. The van der Waals surface area contributed by atoms with Gasteiger partial charge in [-0.1, -0.05) is 30.7 Å². The number of aromatic nitrogens is 2. The molecule has 3 aromatic carbocycles. The minimum Gasteiger partial charge on any atom is -0.497 e. The monoisotopic (exact) mass is 641 g/mol. The van der Waals surface area contributed by atoms with E-state index >= 15 is 0 Å². The first-order chi connectivity index (χ1) is 23.1. The number of benzene rings is 3. The Hall–Kier alpha value is -4.87. The van der Waals surface area contributed by atoms with Crippen molar-refractivity contribution in [2.24, 2.45) is 0 Å². The lowest BCUT2D eigenvalue weighted by molar-refractivity contribution is 0.179. The van der Waals surface area contributed by atoms with Crippen molar-refractivity contribution in [3.63, 3.8) is 0 Å². The second-order valence-corrected chi connectivity index (χ2v) is 11.2. The molecule has 1 aliphatic rings. The zero-order valence-electron chi connectivity index (χ0n) is 27.3. The average molecular weight is 642 g/mol. The number of amides is 1. The molecule has 1 aromatic heterocycles. The van der Waals surface area contributed by atoms with Crippen LogP contribution in [0.15, 0.2) is 79.0 Å². The summed E-state index contributed by atoms with van der Waals surface area (Å²) >= 11 is 0. The molecular formula is C36H43N5O6. The summed E-state index contributed by atoms with van der Waals surface area (Å²) in [6.45, 7) is 4.43. The molecule has 0 bridgehead atoms. The van der Waals surface area contributed by atoms with Gasteiger partial charge in [-0.05, 0) is 74.8 Å². The van der Waals surface area contributed by atoms with Crippen LogP contribution < -0.4 is 29.2 Å². The number of methoxy groups -OCH3 is 3. The Balaban J connectivity index is 1.34. The minimum absolute atomic E-state index is 0.0862. The maximum atomic E-state index is 13.9. The predicted octanol–water partition coefficient (Wildman–Crippen LogP) is 6.84. The SMILES string of the molecule is COCc1ccccc1OC(=O)N(Cc1cc(OC)ccc1OC)c1ccnc(Nc2cccc(OCCCN3CCCCC3)c2)n1. The van der Waals surface area contributed by atoms with Gasteiger partial charge >= 0.3 is 6.09 Å². The van der Waals surface area contributed by atoms with Crippen LogP contribution >= 0.6 is 0 Å². The summed E-state index contributed by atoms with van der Waals surface area (Å²) in [5.74, 6) is 2.99. The first-order valence-corrected chi connectivity index (χ1v) is 15.9. The van der Waals surface area contributed by atoms with Gasteiger partial charge in [0.1, 0.15) is 28.8 Å². The van der Waals surface area contributed by atoms with Gasteiger partial charge in [-0.3, -0.25) is 4.90 Å². The third kappa shape index (κ3) is 9.57. The number of para-hydroxylation sites is 1. The van der Waals surface area contributed by atoms with Crippen LogP contribution in [0.3, 0.4) is 0 Å². The lowest BCUT2D eigenvalue weighted by Gasteiger charge is -2.26. The molecule has 248 valence electrons. The highest BCUT2D eigenvalue weighted by molar-refractivity contribution is 5.88. The highest BCUT2D eigenvalue weighted by atomic mass is 16.6. The molecule has 1 aliphatic heterocycles. The molecule has 1 amide bonds. The van der Waals surface area contributed by atoms with E-state index in [4.69, 9.17) is 28.7 Å². The molecule has 0 atom stereocenters. The van der Waals surface area contributed by atoms with Gasteiger partial charge in [-0.15, -0.1) is 0 Å². The third-order valence-electron chi connectivity index (χ3n) is 7.85. The van der Waals surface area contributed by atoms with Gasteiger partial charge < -0.3 is 33.9 Å². The second kappa shape index (κ2) is 17.2. The number of likely N-dealkylation sites (tertiary alicyclic amines) is 1. The number of carbonyl (C=O) groups is 1. The quantitative estimate of drug-likeness (QED) is 0.139. The van der Waals surface area contributed by atoms with E-state index in [9.17, 15) is 4.79 Å². The number of hydrogen-bond donors (Lipinski definition) is 1. The Labute approximate surface area is 276 Å². The first kappa shape index (κ1) is 33.5. The fourth-order valence-corrected chi connectivity index (χ4v) is 5.46. The molecule has 1 N–H and O–H groups in total. The van der Waals surface area contributed by atoms with Crippen LogP contribution in [0.1, 0.15) is 36.8 Å². The summed E-state index contributed by atoms with van der Waals surface area (Å²) in [4.78, 5) is 26.9. The van der Waals surface area contributed by atoms with E-state index in [2.05, 4.69) is 15.2 Å². The molecule has 4 aromatic rings. The Morgan fingerprint density at radius 1 is 0.872 bits per heavy atom. The summed E-state index contributed by atoms with van der Waals surface area (Å²) in [5, 5.41) is 3.25. The minimum atomic E-state index is -0.636. The lowest BCUT2D eigenvalue weighted by Crippen LogP contribution is -2.34. The van der Waals surface area contributed by atoms with Crippen molar-refractivity contribution in [2.75, 3.05) is 57.8 Å². The fraction of sp³-hybridized carbons (Fsp3) is 0.361. The van der Waals surface area contributed by atoms with Gasteiger partial charge in [0, 0.05) is 42.7 Å². The number of piperidine rings is 1. The molecule has 0 unspecified atom stereocenters. The number of nitrogens with zero attached hydrogens (tertiary/aromatic N) is 4. The van der Waals surface area contributed by atoms with Crippen LogP contribution in [-0.2, 0) is 17.9 Å². The summed E-state index contributed by atoms with van der Waals surface area (Å²) in [5.41, 5.74) is 2.20. The number of rotatable bonds is 15. The van der Waals surface area contributed by atoms with Gasteiger partial charge in [-0.25, -0.2) is 9.78 Å². The van der Waals surface area contributed by atoms with E-state index in [0.29, 0.717) is 41.2 Å². The molecule has 0 spiro atoms. The molecule has 47 heavy (non-hydrogen) atoms. The highest BCUT2D eigenvalue weighted by Gasteiger charge is 2.24. The number of hydrogen-bond acceptors (Lipinski definition) is 10. The maximum absolute atomic E-state index is 13.9. The van der Waals surface area contributed by atoms with E-state index in [0.717, 1.165) is 30.0 Å². The molecule has 11 heteroatoms. The molecule has 2 heterocycles. The van der Waals surface area contributed by atoms with Crippen molar-refractivity contribution in [1.82, 2.24) is 14.9 Å². The average Bonchev–Trinajstić information content (AvgIpc) is 3.10. The van der Waals surface area contributed by atoms with Crippen molar-refractivity contribution >= 4 is 23.5 Å². The zero-order chi connectivity index (χ0) is 32.8. The molecular weight excluding hydrogens is 598 g/mol. The molecule has 0 aliphatic carbocycles. The van der Waals surface area contributed by atoms with Gasteiger partial charge in [0.05, 0.1) is 34.0 Å². The standard InChI is InChI=1S/C36H43N5O6/c1-43-26-27-11-5-6-14-33(27)47-36(42)41(25-28-23-30(44-2)15-16-32(28)45-3)34-17-18-37-35(39-34)38-29-12-9-13-31(24-29)46-22-10-21-40-19-7-4-8-20-40/h5-6,9,11-18,23-24H,4,7-8,10,19-22,25-26H2,1-3H3,(H,37,38,39). The predicted molar refractivity (Wildman–Crippen MR) is 181 cm³/mol. The topological polar surface area (TPSA) is 108 Å². The Morgan fingerprint density at radius 3 is 2.53 bits per heavy atom. The van der Waals surface area contributed by atoms with Crippen molar-refractivity contribution in [3.8, 4) is 23.0 Å². The van der Waals surface area contributed by atoms with Gasteiger partial charge in [0.25, 0.3) is 0 Å². The number of ether oxygens (including phenoxy) is 5. The summed E-state index contributed by atoms with van der Waals surface area (Å²) < 4.78 is 28.3. The van der Waals surface area contributed by atoms with Crippen molar-refractivity contribution < 1.29 is 28.5 Å². The Morgan fingerprint density at radius 2 is 1.72 bits per heavy atom. The molecule has 1 fully saturated rings. The Bertz CT molecular complexity index is 1600. The number of nitrogens with one attached hydrogen (secondary N) is 1. The normalized spacial score (nSPS) is 13.1. The van der Waals surface area contributed by atoms with E-state index in [1.54, 1.807) is 57.9 Å². The summed E-state index contributed by atoms with van der Waals surface area (Å²) in [7, 11) is 4.75. The molecule has 0 saturated carbocycles. The molecule has 1 saturated heterocycles. The number of anilines is 3. The number of carbonyl (C=O) groups excluding carboxylic acids is 1. The Kier molecular flexibility index (Phi) is 12.2. The first-order valence-electron chi connectivity index (χ1n) is 15.9. The zero-order valence-corrected chi connectivity index (χ0v) is 27.3. The van der Waals surface area contributed by atoms with Crippen LogP contribution in [-0.4, -0.2) is 68.5 Å². The van der Waals surface area contributed by atoms with Crippen LogP contribution in [0.4, 0.5) is 22.2 Å². The second-order valence-electron chi connectivity index (χ2n) is 11.2. The summed E-state index contributed by atoms with van der Waals surface area (Å²) in [6, 6.07) is 22.0. The van der Waals surface area contributed by atoms with Crippen LogP contribution in [0.25, 0.3) is 0 Å². The van der Waals surface area contributed by atoms with Crippen molar-refractivity contribution in [3.05, 3.63) is 90.1 Å². The van der Waals surface area contributed by atoms with E-state index in [1.807, 2.05) is 42.5 Å². The molecule has 11 nitrogen and oxygen atoms in total. The van der Waals surface area contributed by atoms with Gasteiger partial charge in [0.15, 0.2) is 0 Å². The maximum Gasteiger partial charge on any atom is 0.421 e. The fourth-order valence-electron chi connectivity index (χ4n) is 5.46. The van der Waals surface area contributed by atoms with Crippen LogP contribution in [0, 0.1) is 0 Å². The summed E-state index contributed by atoms with van der Waals surface area (Å²) in [6.07, 6.45) is 5.84. The van der Waals surface area contributed by atoms with E-state index in [1.165, 1.54) is 37.3 Å². The highest BCUT2D eigenvalue weighted by Crippen LogP contribution is 2.29. The molecule has 5 rings (SSSR count). The van der Waals surface area contributed by atoms with Gasteiger partial charge in [0.2, 0.25) is 5.95 Å². The van der Waals surface area contributed by atoms with Crippen molar-refractivity contribution in [2.45, 2.75) is 38.8 Å². The smallest absolute Gasteiger partial charge is 0.421 e. The van der Waals surface area contributed by atoms with Crippen LogP contribution in [0.5, 0.6) is 23.0 Å². The van der Waals surface area contributed by atoms with Gasteiger partial charge in [-0.2, -0.15) is 4.98 Å². The largest absolute Gasteiger partial charge is 0.497 e. The third-order valence-corrected chi connectivity index (χ3v) is 7.85. The van der Waals surface area contributed by atoms with E-state index in [-0.39, 0.29) is 13.2 Å². The van der Waals surface area contributed by atoms with Crippen molar-refractivity contribution in [1.29, 1.82) is 0 Å².